The fourth-order valence-corrected chi connectivity index (χ4v) is 5.56. The molecule has 176 valence electrons. The zero-order valence-corrected chi connectivity index (χ0v) is 19.5. The maximum atomic E-state index is 13.3. The minimum atomic E-state index is -3.54. The largest absolute Gasteiger partial charge is 0.395 e. The Hall–Kier alpha value is -2.75. The molecule has 4 rings (SSSR count). The number of carbonyl (C=O) groups excluding carboxylic acids is 2. The Labute approximate surface area is 193 Å². The van der Waals surface area contributed by atoms with Gasteiger partial charge in [-0.25, -0.2) is 8.42 Å². The van der Waals surface area contributed by atoms with E-state index in [9.17, 15) is 18.0 Å². The van der Waals surface area contributed by atoms with Crippen LogP contribution in [0.5, 0.6) is 0 Å². The van der Waals surface area contributed by atoms with Crippen molar-refractivity contribution in [2.24, 2.45) is 0 Å². The lowest BCUT2D eigenvalue weighted by atomic mass is 10.00. The number of nitrogens with zero attached hydrogens (tertiary/aromatic N) is 2. The van der Waals surface area contributed by atoms with Crippen LogP contribution in [0.4, 0.5) is 11.4 Å². The van der Waals surface area contributed by atoms with Crippen LogP contribution in [0.2, 0.25) is 0 Å². The maximum absolute atomic E-state index is 13.3. The van der Waals surface area contributed by atoms with Gasteiger partial charge in [-0.3, -0.25) is 9.59 Å². The number of rotatable bonds is 5. The van der Waals surface area contributed by atoms with Crippen molar-refractivity contribution in [2.45, 2.75) is 43.7 Å². The smallest absolute Gasteiger partial charge is 0.256 e. The number of amides is 2. The lowest BCUT2D eigenvalue weighted by Gasteiger charge is -2.41. The van der Waals surface area contributed by atoms with Gasteiger partial charge in [0.1, 0.15) is 6.10 Å². The Morgan fingerprint density at radius 1 is 1.09 bits per heavy atom. The van der Waals surface area contributed by atoms with Crippen LogP contribution in [0.25, 0.3) is 11.1 Å². The van der Waals surface area contributed by atoms with Crippen molar-refractivity contribution in [3.63, 3.8) is 0 Å². The number of ether oxygens (including phenoxy) is 1. The first kappa shape index (κ1) is 23.4. The molecule has 2 aromatic rings. The fraction of sp³-hybridized carbons (Fsp3) is 0.417. The zero-order valence-electron chi connectivity index (χ0n) is 18.7. The van der Waals surface area contributed by atoms with Crippen LogP contribution in [0, 0.1) is 0 Å². The summed E-state index contributed by atoms with van der Waals surface area (Å²) in [5, 5.41) is 8.99. The highest BCUT2D eigenvalue weighted by Gasteiger charge is 2.37. The summed E-state index contributed by atoms with van der Waals surface area (Å²) in [6, 6.07) is 11.8. The van der Waals surface area contributed by atoms with Crippen molar-refractivity contribution in [2.75, 3.05) is 35.3 Å². The summed E-state index contributed by atoms with van der Waals surface area (Å²) in [5.41, 5.74) is 2.87. The number of anilines is 2. The molecule has 2 unspecified atom stereocenters. The van der Waals surface area contributed by atoms with Gasteiger partial charge in [-0.1, -0.05) is 18.2 Å². The number of hydrogen-bond donors (Lipinski definition) is 1. The summed E-state index contributed by atoms with van der Waals surface area (Å²) < 4.78 is 30.0. The number of hydrogen-bond acceptors (Lipinski definition) is 6. The minimum Gasteiger partial charge on any atom is -0.395 e. The zero-order chi connectivity index (χ0) is 23.8. The molecular weight excluding hydrogens is 444 g/mol. The van der Waals surface area contributed by atoms with Crippen LogP contribution >= 0.6 is 0 Å². The average Bonchev–Trinajstić information content (AvgIpc) is 3.32. The maximum Gasteiger partial charge on any atom is 0.256 e. The Morgan fingerprint density at radius 3 is 2.39 bits per heavy atom. The standard InChI is InChI=1S/C24H28N2O6S/c1-16-15-25(24(29)23-4-3-12-32-23)22-14-19(7-10-21(22)26(16)17(2)28)18-5-8-20(9-6-18)33(30,31)13-11-27/h5-10,14,16,23,27H,3-4,11-13,15H2,1-2H3. The molecule has 0 aromatic heterocycles. The number of aliphatic hydroxyl groups excluding tert-OH is 1. The van der Waals surface area contributed by atoms with Crippen LogP contribution < -0.4 is 9.80 Å². The second kappa shape index (κ2) is 9.24. The van der Waals surface area contributed by atoms with Crippen molar-refractivity contribution in [3.8, 4) is 11.1 Å². The topological polar surface area (TPSA) is 104 Å². The van der Waals surface area contributed by atoms with Gasteiger partial charge in [0.15, 0.2) is 9.84 Å². The Kier molecular flexibility index (Phi) is 6.56. The van der Waals surface area contributed by atoms with Gasteiger partial charge in [0, 0.05) is 20.1 Å². The molecule has 1 N–H and O–H groups in total. The van der Waals surface area contributed by atoms with E-state index in [0.29, 0.717) is 30.9 Å². The van der Waals surface area contributed by atoms with Crippen LogP contribution in [0.1, 0.15) is 26.7 Å². The van der Waals surface area contributed by atoms with E-state index >= 15 is 0 Å². The number of sulfone groups is 1. The number of aliphatic hydroxyl groups is 1. The lowest BCUT2D eigenvalue weighted by Crippen LogP contribution is -2.53. The van der Waals surface area contributed by atoms with E-state index in [0.717, 1.165) is 17.5 Å². The molecule has 2 heterocycles. The molecular formula is C24H28N2O6S. The average molecular weight is 473 g/mol. The summed E-state index contributed by atoms with van der Waals surface area (Å²) in [4.78, 5) is 29.2. The summed E-state index contributed by atoms with van der Waals surface area (Å²) >= 11 is 0. The Balaban J connectivity index is 1.74. The van der Waals surface area contributed by atoms with E-state index in [1.165, 1.54) is 19.1 Å². The summed E-state index contributed by atoms with van der Waals surface area (Å²) in [6.07, 6.45) is 1.05. The predicted molar refractivity (Wildman–Crippen MR) is 125 cm³/mol. The van der Waals surface area contributed by atoms with E-state index in [-0.39, 0.29) is 28.5 Å². The van der Waals surface area contributed by atoms with Gasteiger partial charge in [0.2, 0.25) is 5.91 Å². The third-order valence-corrected chi connectivity index (χ3v) is 7.84. The van der Waals surface area contributed by atoms with E-state index < -0.39 is 22.5 Å². The summed E-state index contributed by atoms with van der Waals surface area (Å²) in [5.74, 6) is -0.532. The van der Waals surface area contributed by atoms with Gasteiger partial charge in [0.05, 0.1) is 34.7 Å². The van der Waals surface area contributed by atoms with Crippen LogP contribution in [-0.4, -0.2) is 63.0 Å². The number of carbonyl (C=O) groups is 2. The van der Waals surface area contributed by atoms with Gasteiger partial charge in [0.25, 0.3) is 5.91 Å². The second-order valence-electron chi connectivity index (χ2n) is 8.46. The first-order valence-corrected chi connectivity index (χ1v) is 12.7. The van der Waals surface area contributed by atoms with Crippen molar-refractivity contribution >= 4 is 33.0 Å². The SMILES string of the molecule is CC(=O)N1c2ccc(-c3ccc(S(=O)(=O)CCO)cc3)cc2N(C(=O)C2CCCO2)CC1C. The highest BCUT2D eigenvalue weighted by atomic mass is 32.2. The van der Waals surface area contributed by atoms with Gasteiger partial charge in [-0.2, -0.15) is 0 Å². The molecule has 2 aromatic carbocycles. The highest BCUT2D eigenvalue weighted by molar-refractivity contribution is 7.91. The van der Waals surface area contributed by atoms with Crippen LogP contribution in [-0.2, 0) is 24.2 Å². The molecule has 1 saturated heterocycles. The normalized spacial score (nSPS) is 20.6. The minimum absolute atomic E-state index is 0.0980. The van der Waals surface area contributed by atoms with Gasteiger partial charge < -0.3 is 19.6 Å². The molecule has 2 aliphatic heterocycles. The first-order chi connectivity index (χ1) is 15.7. The van der Waals surface area contributed by atoms with E-state index in [1.807, 2.05) is 25.1 Å². The van der Waals surface area contributed by atoms with Crippen LogP contribution in [0.3, 0.4) is 0 Å². The van der Waals surface area contributed by atoms with Crippen LogP contribution in [0.15, 0.2) is 47.4 Å². The Bertz CT molecular complexity index is 1160. The van der Waals surface area contributed by atoms with E-state index in [1.54, 1.807) is 21.9 Å². The number of benzene rings is 2. The lowest BCUT2D eigenvalue weighted by molar-refractivity contribution is -0.127. The van der Waals surface area contributed by atoms with Gasteiger partial charge in [-0.05, 0) is 55.2 Å². The molecule has 0 radical (unpaired) electrons. The number of fused-ring (bicyclic) bond motifs is 1. The third-order valence-electron chi connectivity index (χ3n) is 6.13. The molecule has 2 aliphatic rings. The molecule has 1 fully saturated rings. The molecule has 33 heavy (non-hydrogen) atoms. The molecule has 9 heteroatoms. The fourth-order valence-electron chi connectivity index (χ4n) is 4.53. The molecule has 2 atom stereocenters. The molecule has 0 spiro atoms. The first-order valence-electron chi connectivity index (χ1n) is 11.0. The van der Waals surface area contributed by atoms with Crippen molar-refractivity contribution < 1.29 is 27.9 Å². The van der Waals surface area contributed by atoms with Gasteiger partial charge in [-0.15, -0.1) is 0 Å². The van der Waals surface area contributed by atoms with Crippen molar-refractivity contribution in [1.29, 1.82) is 0 Å². The molecule has 0 saturated carbocycles. The molecule has 0 bridgehead atoms. The highest BCUT2D eigenvalue weighted by Crippen LogP contribution is 2.40. The van der Waals surface area contributed by atoms with Gasteiger partial charge >= 0.3 is 0 Å². The molecule has 0 aliphatic carbocycles. The summed E-state index contributed by atoms with van der Waals surface area (Å²) in [6.45, 7) is 3.93. The quantitative estimate of drug-likeness (QED) is 0.717. The summed E-state index contributed by atoms with van der Waals surface area (Å²) in [7, 11) is -3.54. The van der Waals surface area contributed by atoms with Crippen molar-refractivity contribution in [3.05, 3.63) is 42.5 Å². The third kappa shape index (κ3) is 4.53. The second-order valence-corrected chi connectivity index (χ2v) is 10.6. The van der Waals surface area contributed by atoms with E-state index in [4.69, 9.17) is 9.84 Å². The van der Waals surface area contributed by atoms with E-state index in [2.05, 4.69) is 0 Å². The monoisotopic (exact) mass is 472 g/mol. The van der Waals surface area contributed by atoms with Crippen molar-refractivity contribution in [1.82, 2.24) is 0 Å². The molecule has 8 nitrogen and oxygen atoms in total. The predicted octanol–water partition coefficient (Wildman–Crippen LogP) is 2.39. The Morgan fingerprint density at radius 2 is 1.79 bits per heavy atom. The molecule has 2 amide bonds.